The zero-order valence-corrected chi connectivity index (χ0v) is 15.9. The molecule has 0 aliphatic carbocycles. The fraction of sp³-hybridized carbons (Fsp3) is 0.263. The van der Waals surface area contributed by atoms with Gasteiger partial charge in [-0.25, -0.2) is 15.4 Å². The monoisotopic (exact) mass is 379 g/mol. The highest BCUT2D eigenvalue weighted by molar-refractivity contribution is 5.93. The lowest BCUT2D eigenvalue weighted by Crippen LogP contribution is -2.20. The van der Waals surface area contributed by atoms with E-state index < -0.39 is 5.91 Å². The van der Waals surface area contributed by atoms with E-state index in [0.717, 1.165) is 11.3 Å². The molecule has 0 fully saturated rings. The van der Waals surface area contributed by atoms with Crippen molar-refractivity contribution in [1.82, 2.24) is 30.2 Å². The Morgan fingerprint density at radius 2 is 2.14 bits per heavy atom. The zero-order chi connectivity index (χ0) is 19.9. The highest BCUT2D eigenvalue weighted by atomic mass is 16.5. The van der Waals surface area contributed by atoms with Crippen molar-refractivity contribution in [3.8, 4) is 17.1 Å². The van der Waals surface area contributed by atoms with Gasteiger partial charge in [0.25, 0.3) is 5.91 Å². The molecule has 0 atom stereocenters. The van der Waals surface area contributed by atoms with Gasteiger partial charge in [-0.3, -0.25) is 14.5 Å². The number of carbonyl (C=O) groups is 1. The molecule has 0 saturated heterocycles. The summed E-state index contributed by atoms with van der Waals surface area (Å²) in [6.07, 6.45) is 7.80. The van der Waals surface area contributed by atoms with Crippen molar-refractivity contribution in [2.75, 3.05) is 6.61 Å². The lowest BCUT2D eigenvalue weighted by Gasteiger charge is -2.07. The van der Waals surface area contributed by atoms with Gasteiger partial charge in [-0.05, 0) is 32.9 Å². The number of ether oxygens (including phenoxy) is 1. The second-order valence-electron chi connectivity index (χ2n) is 6.10. The Kier molecular flexibility index (Phi) is 6.05. The Labute approximate surface area is 162 Å². The van der Waals surface area contributed by atoms with E-state index in [1.165, 1.54) is 6.20 Å². The predicted molar refractivity (Wildman–Crippen MR) is 104 cm³/mol. The Hall–Kier alpha value is -3.62. The molecular weight excluding hydrogens is 358 g/mol. The molecule has 1 N–H and O–H groups in total. The summed E-state index contributed by atoms with van der Waals surface area (Å²) < 4.78 is 7.12. The third-order valence-electron chi connectivity index (χ3n) is 3.74. The second-order valence-corrected chi connectivity index (χ2v) is 6.10. The average molecular weight is 379 g/mol. The molecule has 0 aliphatic heterocycles. The summed E-state index contributed by atoms with van der Waals surface area (Å²) in [5, 5.41) is 8.20. The van der Waals surface area contributed by atoms with Gasteiger partial charge in [0.1, 0.15) is 5.69 Å². The van der Waals surface area contributed by atoms with Crippen molar-refractivity contribution in [3.63, 3.8) is 0 Å². The quantitative estimate of drug-likeness (QED) is 0.499. The number of hydrazone groups is 1. The van der Waals surface area contributed by atoms with E-state index in [1.807, 2.05) is 32.9 Å². The van der Waals surface area contributed by atoms with Gasteiger partial charge in [0, 0.05) is 30.1 Å². The summed E-state index contributed by atoms with van der Waals surface area (Å²) in [4.78, 5) is 24.9. The molecule has 0 unspecified atom stereocenters. The highest BCUT2D eigenvalue weighted by Gasteiger charge is 2.10. The third kappa shape index (κ3) is 4.56. The first-order chi connectivity index (χ1) is 13.6. The molecule has 0 saturated carbocycles. The molecule has 0 bridgehead atoms. The normalized spacial score (nSPS) is 11.1. The molecule has 3 aromatic rings. The largest absolute Gasteiger partial charge is 0.478 e. The van der Waals surface area contributed by atoms with Crippen LogP contribution >= 0.6 is 0 Å². The summed E-state index contributed by atoms with van der Waals surface area (Å²) >= 11 is 0. The number of rotatable bonds is 7. The second kappa shape index (κ2) is 8.85. The van der Waals surface area contributed by atoms with E-state index in [4.69, 9.17) is 4.74 Å². The molecule has 9 heteroatoms. The van der Waals surface area contributed by atoms with Crippen molar-refractivity contribution in [2.45, 2.75) is 26.8 Å². The van der Waals surface area contributed by atoms with Crippen LogP contribution in [0.3, 0.4) is 0 Å². The van der Waals surface area contributed by atoms with E-state index >= 15 is 0 Å². The molecule has 0 aromatic carbocycles. The predicted octanol–water partition coefficient (Wildman–Crippen LogP) is 2.48. The lowest BCUT2D eigenvalue weighted by molar-refractivity contribution is 0.0950. The van der Waals surface area contributed by atoms with Gasteiger partial charge < -0.3 is 4.74 Å². The van der Waals surface area contributed by atoms with E-state index in [0.29, 0.717) is 18.2 Å². The average Bonchev–Trinajstić information content (AvgIpc) is 3.18. The van der Waals surface area contributed by atoms with Crippen LogP contribution in [0.1, 0.15) is 43.0 Å². The van der Waals surface area contributed by atoms with Gasteiger partial charge in [-0.15, -0.1) is 0 Å². The van der Waals surface area contributed by atoms with Crippen LogP contribution in [0.4, 0.5) is 0 Å². The Balaban J connectivity index is 1.70. The molecule has 3 aromatic heterocycles. The molecule has 144 valence electrons. The summed E-state index contributed by atoms with van der Waals surface area (Å²) in [5.74, 6) is 0.0724. The van der Waals surface area contributed by atoms with Crippen LogP contribution in [0.25, 0.3) is 11.3 Å². The van der Waals surface area contributed by atoms with Crippen LogP contribution in [0.15, 0.2) is 48.1 Å². The zero-order valence-electron chi connectivity index (χ0n) is 15.9. The first-order valence-corrected chi connectivity index (χ1v) is 8.86. The van der Waals surface area contributed by atoms with E-state index in [-0.39, 0.29) is 11.7 Å². The minimum absolute atomic E-state index is 0.154. The molecule has 28 heavy (non-hydrogen) atoms. The van der Waals surface area contributed by atoms with Gasteiger partial charge >= 0.3 is 0 Å². The fourth-order valence-electron chi connectivity index (χ4n) is 2.45. The van der Waals surface area contributed by atoms with E-state index in [9.17, 15) is 4.79 Å². The van der Waals surface area contributed by atoms with Crippen LogP contribution in [0.5, 0.6) is 5.88 Å². The van der Waals surface area contributed by atoms with Crippen molar-refractivity contribution in [1.29, 1.82) is 0 Å². The van der Waals surface area contributed by atoms with Crippen LogP contribution < -0.4 is 10.2 Å². The Bertz CT molecular complexity index is 964. The van der Waals surface area contributed by atoms with Gasteiger partial charge in [0.05, 0.1) is 36.6 Å². The SMILES string of the molecule is CCOc1ccc(-c2cncc(C(=O)N/N=C/c3ccnn3C(C)C)n2)cn1. The minimum atomic E-state index is -0.458. The number of nitrogens with one attached hydrogen (secondary N) is 1. The smallest absolute Gasteiger partial charge is 0.291 e. The molecular formula is C19H21N7O2. The van der Waals surface area contributed by atoms with Gasteiger partial charge in [0.15, 0.2) is 0 Å². The topological polar surface area (TPSA) is 107 Å². The van der Waals surface area contributed by atoms with E-state index in [2.05, 4.69) is 30.6 Å². The maximum absolute atomic E-state index is 12.3. The first-order valence-electron chi connectivity index (χ1n) is 8.86. The highest BCUT2D eigenvalue weighted by Crippen LogP contribution is 2.17. The number of carbonyl (C=O) groups excluding carboxylic acids is 1. The van der Waals surface area contributed by atoms with Gasteiger partial charge in [-0.1, -0.05) is 0 Å². The first kappa shape index (κ1) is 19.2. The maximum Gasteiger partial charge on any atom is 0.291 e. The minimum Gasteiger partial charge on any atom is -0.478 e. The number of pyridine rings is 1. The van der Waals surface area contributed by atoms with Crippen molar-refractivity contribution >= 4 is 12.1 Å². The fourth-order valence-corrected chi connectivity index (χ4v) is 2.45. The van der Waals surface area contributed by atoms with Crippen LogP contribution in [0.2, 0.25) is 0 Å². The standard InChI is InChI=1S/C19H21N7O2/c1-4-28-18-6-5-14(9-21-18)16-11-20-12-17(24-16)19(27)25-22-10-15-7-8-23-26(15)13(2)3/h5-13H,4H2,1-3H3,(H,25,27)/b22-10+. The molecule has 9 nitrogen and oxygen atoms in total. The van der Waals surface area contributed by atoms with Crippen LogP contribution in [-0.4, -0.2) is 43.5 Å². The summed E-state index contributed by atoms with van der Waals surface area (Å²) in [7, 11) is 0. The number of aromatic nitrogens is 5. The van der Waals surface area contributed by atoms with Crippen LogP contribution in [0, 0.1) is 0 Å². The van der Waals surface area contributed by atoms with Gasteiger partial charge in [0.2, 0.25) is 5.88 Å². The lowest BCUT2D eigenvalue weighted by atomic mass is 10.2. The summed E-state index contributed by atoms with van der Waals surface area (Å²) in [5.41, 5.74) is 4.66. The van der Waals surface area contributed by atoms with Crippen molar-refractivity contribution in [3.05, 3.63) is 54.4 Å². The summed E-state index contributed by atoms with van der Waals surface area (Å²) in [6.45, 7) is 6.46. The van der Waals surface area contributed by atoms with E-state index in [1.54, 1.807) is 35.6 Å². The molecule has 1 amide bonds. The van der Waals surface area contributed by atoms with Crippen molar-refractivity contribution in [2.24, 2.45) is 5.10 Å². The molecule has 0 aliphatic rings. The maximum atomic E-state index is 12.3. The Morgan fingerprint density at radius 1 is 1.29 bits per heavy atom. The number of hydrogen-bond donors (Lipinski definition) is 1. The molecule has 0 spiro atoms. The number of hydrogen-bond acceptors (Lipinski definition) is 7. The number of nitrogens with zero attached hydrogens (tertiary/aromatic N) is 6. The summed E-state index contributed by atoms with van der Waals surface area (Å²) in [6, 6.07) is 5.57. The van der Waals surface area contributed by atoms with Crippen molar-refractivity contribution < 1.29 is 9.53 Å². The molecule has 0 radical (unpaired) electrons. The number of amides is 1. The molecule has 3 rings (SSSR count). The van der Waals surface area contributed by atoms with Gasteiger partial charge in [-0.2, -0.15) is 10.2 Å². The molecule has 3 heterocycles. The Morgan fingerprint density at radius 3 is 2.86 bits per heavy atom. The van der Waals surface area contributed by atoms with Crippen LogP contribution in [-0.2, 0) is 0 Å². The third-order valence-corrected chi connectivity index (χ3v) is 3.74.